The van der Waals surface area contributed by atoms with Gasteiger partial charge in [0.1, 0.15) is 0 Å². The van der Waals surface area contributed by atoms with E-state index in [0.29, 0.717) is 16.5 Å². The lowest BCUT2D eigenvalue weighted by molar-refractivity contribution is 0.0759. The van der Waals surface area contributed by atoms with Crippen LogP contribution in [0, 0.1) is 11.8 Å². The average molecular weight is 281 g/mol. The van der Waals surface area contributed by atoms with Gasteiger partial charge in [0, 0.05) is 25.5 Å². The number of likely N-dealkylation sites (tertiary alicyclic amines) is 1. The summed E-state index contributed by atoms with van der Waals surface area (Å²) in [5.74, 6) is 1.46. The maximum absolute atomic E-state index is 12.5. The number of hydrogen-bond acceptors (Lipinski definition) is 2. The molecule has 19 heavy (non-hydrogen) atoms. The maximum atomic E-state index is 12.5. The smallest absolute Gasteiger partial charge is 0.255 e. The molecule has 3 nitrogen and oxygen atoms in total. The van der Waals surface area contributed by atoms with Gasteiger partial charge in [0.05, 0.1) is 10.6 Å². The molecule has 1 aromatic heterocycles. The van der Waals surface area contributed by atoms with Crippen LogP contribution in [0.3, 0.4) is 0 Å². The number of nitrogens with zero attached hydrogens (tertiary/aromatic N) is 2. The number of aromatic nitrogens is 1. The second kappa shape index (κ2) is 6.38. The minimum absolute atomic E-state index is 0.0387. The molecule has 104 valence electrons. The first-order chi connectivity index (χ1) is 9.09. The SMILES string of the molecule is CC(C)C1CCCN(C(=O)c2ccncc2Cl)CC1. The predicted molar refractivity (Wildman–Crippen MR) is 77.3 cm³/mol. The maximum Gasteiger partial charge on any atom is 0.255 e. The average Bonchev–Trinajstić information content (AvgIpc) is 2.64. The molecule has 1 aliphatic heterocycles. The molecule has 1 aromatic rings. The highest BCUT2D eigenvalue weighted by atomic mass is 35.5. The van der Waals surface area contributed by atoms with E-state index < -0.39 is 0 Å². The van der Waals surface area contributed by atoms with E-state index in [0.717, 1.165) is 31.8 Å². The summed E-state index contributed by atoms with van der Waals surface area (Å²) in [6.45, 7) is 6.20. The number of carbonyl (C=O) groups is 1. The normalized spacial score (nSPS) is 20.4. The molecule has 0 aromatic carbocycles. The van der Waals surface area contributed by atoms with Gasteiger partial charge in [-0.05, 0) is 37.2 Å². The molecule has 1 aliphatic rings. The Morgan fingerprint density at radius 3 is 2.89 bits per heavy atom. The third-order valence-electron chi connectivity index (χ3n) is 4.01. The van der Waals surface area contributed by atoms with Crippen LogP contribution < -0.4 is 0 Å². The molecule has 1 atom stereocenters. The van der Waals surface area contributed by atoms with Crippen LogP contribution in [0.25, 0.3) is 0 Å². The van der Waals surface area contributed by atoms with Gasteiger partial charge >= 0.3 is 0 Å². The lowest BCUT2D eigenvalue weighted by Crippen LogP contribution is -2.32. The molecule has 2 rings (SSSR count). The second-order valence-corrected chi connectivity index (χ2v) is 5.99. The van der Waals surface area contributed by atoms with Crippen molar-refractivity contribution in [1.29, 1.82) is 0 Å². The van der Waals surface area contributed by atoms with Crippen LogP contribution in [0.5, 0.6) is 0 Å². The topological polar surface area (TPSA) is 33.2 Å². The van der Waals surface area contributed by atoms with Crippen molar-refractivity contribution in [2.45, 2.75) is 33.1 Å². The fourth-order valence-corrected chi connectivity index (χ4v) is 2.91. The number of pyridine rings is 1. The first-order valence-electron chi connectivity index (χ1n) is 6.98. The van der Waals surface area contributed by atoms with E-state index in [1.165, 1.54) is 12.6 Å². The summed E-state index contributed by atoms with van der Waals surface area (Å²) in [6.07, 6.45) is 6.53. The zero-order valence-electron chi connectivity index (χ0n) is 11.6. The van der Waals surface area contributed by atoms with E-state index in [1.54, 1.807) is 12.3 Å². The summed E-state index contributed by atoms with van der Waals surface area (Å²) in [4.78, 5) is 18.3. The lowest BCUT2D eigenvalue weighted by atomic mass is 9.89. The number of amides is 1. The lowest BCUT2D eigenvalue weighted by Gasteiger charge is -2.22. The van der Waals surface area contributed by atoms with Gasteiger partial charge < -0.3 is 4.90 Å². The predicted octanol–water partition coefficient (Wildman–Crippen LogP) is 3.63. The van der Waals surface area contributed by atoms with E-state index in [4.69, 9.17) is 11.6 Å². The van der Waals surface area contributed by atoms with Gasteiger partial charge in [-0.1, -0.05) is 25.4 Å². The summed E-state index contributed by atoms with van der Waals surface area (Å²) in [5.41, 5.74) is 0.569. The van der Waals surface area contributed by atoms with Crippen molar-refractivity contribution in [3.05, 3.63) is 29.0 Å². The fraction of sp³-hybridized carbons (Fsp3) is 0.600. The molecule has 0 aliphatic carbocycles. The van der Waals surface area contributed by atoms with Crippen molar-refractivity contribution in [2.75, 3.05) is 13.1 Å². The quantitative estimate of drug-likeness (QED) is 0.829. The summed E-state index contributed by atoms with van der Waals surface area (Å²) < 4.78 is 0. The minimum atomic E-state index is 0.0387. The van der Waals surface area contributed by atoms with Crippen molar-refractivity contribution < 1.29 is 4.79 Å². The Kier molecular flexibility index (Phi) is 4.81. The Hall–Kier alpha value is -1.09. The van der Waals surface area contributed by atoms with Gasteiger partial charge in [-0.25, -0.2) is 0 Å². The first-order valence-corrected chi connectivity index (χ1v) is 7.36. The fourth-order valence-electron chi connectivity index (χ4n) is 2.71. The van der Waals surface area contributed by atoms with E-state index in [9.17, 15) is 4.79 Å². The van der Waals surface area contributed by atoms with Gasteiger partial charge in [-0.2, -0.15) is 0 Å². The Morgan fingerprint density at radius 1 is 1.42 bits per heavy atom. The van der Waals surface area contributed by atoms with Gasteiger partial charge in [0.15, 0.2) is 0 Å². The van der Waals surface area contributed by atoms with Crippen LogP contribution in [0.2, 0.25) is 5.02 Å². The third kappa shape index (κ3) is 3.47. The van der Waals surface area contributed by atoms with Crippen LogP contribution in [-0.4, -0.2) is 28.9 Å². The molecule has 0 N–H and O–H groups in total. The van der Waals surface area contributed by atoms with Crippen LogP contribution >= 0.6 is 11.6 Å². The van der Waals surface area contributed by atoms with Crippen LogP contribution in [-0.2, 0) is 0 Å². The molecule has 1 unspecified atom stereocenters. The van der Waals surface area contributed by atoms with Gasteiger partial charge in [0.2, 0.25) is 0 Å². The van der Waals surface area contributed by atoms with Crippen LogP contribution in [0.15, 0.2) is 18.5 Å². The Labute approximate surface area is 120 Å². The van der Waals surface area contributed by atoms with Crippen LogP contribution in [0.4, 0.5) is 0 Å². The molecule has 4 heteroatoms. The van der Waals surface area contributed by atoms with E-state index in [2.05, 4.69) is 18.8 Å². The largest absolute Gasteiger partial charge is 0.339 e. The Balaban J connectivity index is 2.06. The molecule has 0 radical (unpaired) electrons. The van der Waals surface area contributed by atoms with Crippen LogP contribution in [0.1, 0.15) is 43.5 Å². The summed E-state index contributed by atoms with van der Waals surface area (Å²) >= 11 is 6.05. The third-order valence-corrected chi connectivity index (χ3v) is 4.31. The number of carbonyl (C=O) groups excluding carboxylic acids is 1. The van der Waals surface area contributed by atoms with Gasteiger partial charge in [-0.15, -0.1) is 0 Å². The number of halogens is 1. The van der Waals surface area contributed by atoms with Gasteiger partial charge in [0.25, 0.3) is 5.91 Å². The molecule has 2 heterocycles. The van der Waals surface area contributed by atoms with E-state index in [1.807, 2.05) is 4.90 Å². The van der Waals surface area contributed by atoms with Crippen molar-refractivity contribution in [3.63, 3.8) is 0 Å². The molecular formula is C15H21ClN2O. The molecule has 1 fully saturated rings. The highest BCUT2D eigenvalue weighted by Gasteiger charge is 2.24. The molecule has 0 spiro atoms. The van der Waals surface area contributed by atoms with Crippen molar-refractivity contribution >= 4 is 17.5 Å². The highest BCUT2D eigenvalue weighted by molar-refractivity contribution is 6.33. The highest BCUT2D eigenvalue weighted by Crippen LogP contribution is 2.26. The van der Waals surface area contributed by atoms with E-state index in [-0.39, 0.29) is 5.91 Å². The zero-order chi connectivity index (χ0) is 13.8. The zero-order valence-corrected chi connectivity index (χ0v) is 12.4. The van der Waals surface area contributed by atoms with Crippen molar-refractivity contribution in [3.8, 4) is 0 Å². The second-order valence-electron chi connectivity index (χ2n) is 5.58. The summed E-state index contributed by atoms with van der Waals surface area (Å²) in [5, 5.41) is 0.442. The van der Waals surface area contributed by atoms with Gasteiger partial charge in [-0.3, -0.25) is 9.78 Å². The summed E-state index contributed by atoms with van der Waals surface area (Å²) in [6, 6.07) is 1.70. The number of rotatable bonds is 2. The molecule has 1 saturated heterocycles. The standard InChI is InChI=1S/C15H21ClN2O/c1-11(2)12-4-3-8-18(9-6-12)15(19)13-5-7-17-10-14(13)16/h5,7,10-12H,3-4,6,8-9H2,1-2H3. The summed E-state index contributed by atoms with van der Waals surface area (Å²) in [7, 11) is 0. The monoisotopic (exact) mass is 280 g/mol. The Bertz CT molecular complexity index is 448. The minimum Gasteiger partial charge on any atom is -0.339 e. The first kappa shape index (κ1) is 14.3. The van der Waals surface area contributed by atoms with E-state index >= 15 is 0 Å². The molecule has 0 saturated carbocycles. The molecule has 0 bridgehead atoms. The van der Waals surface area contributed by atoms with Crippen molar-refractivity contribution in [1.82, 2.24) is 9.88 Å². The molecular weight excluding hydrogens is 260 g/mol. The Morgan fingerprint density at radius 2 is 2.21 bits per heavy atom. The number of hydrogen-bond donors (Lipinski definition) is 0. The molecule has 1 amide bonds. The van der Waals surface area contributed by atoms with Crippen molar-refractivity contribution in [2.24, 2.45) is 11.8 Å².